The zero-order chi connectivity index (χ0) is 19.5. The Labute approximate surface area is 165 Å². The average Bonchev–Trinajstić information content (AvgIpc) is 3.31. The van der Waals surface area contributed by atoms with E-state index in [4.69, 9.17) is 4.99 Å². The minimum Gasteiger partial charge on any atom is -0.388 e. The van der Waals surface area contributed by atoms with E-state index in [1.54, 1.807) is 0 Å². The fraction of sp³-hybridized carbons (Fsp3) is 0.318. The molecule has 1 atom stereocenters. The summed E-state index contributed by atoms with van der Waals surface area (Å²) in [4.78, 5) is 9.67. The summed E-state index contributed by atoms with van der Waals surface area (Å²) >= 11 is 0. The third kappa shape index (κ3) is 3.91. The van der Waals surface area contributed by atoms with Crippen LogP contribution in [0.3, 0.4) is 0 Å². The fourth-order valence-corrected chi connectivity index (χ4v) is 3.65. The molecule has 0 bridgehead atoms. The van der Waals surface area contributed by atoms with Gasteiger partial charge in [-0.15, -0.1) is 0 Å². The van der Waals surface area contributed by atoms with Crippen LogP contribution in [-0.4, -0.2) is 34.4 Å². The number of fused-ring (bicyclic) bond motifs is 1. The first-order valence-electron chi connectivity index (χ1n) is 9.64. The molecule has 144 valence electrons. The van der Waals surface area contributed by atoms with Crippen molar-refractivity contribution in [2.45, 2.75) is 32.2 Å². The number of amidine groups is 1. The number of benzene rings is 1. The topological polar surface area (TPSA) is 66.6 Å². The van der Waals surface area contributed by atoms with Crippen LogP contribution in [0.25, 0.3) is 5.57 Å². The number of hydrogen-bond donors (Lipinski definition) is 2. The maximum atomic E-state index is 4.99. The molecule has 0 saturated carbocycles. The number of aliphatic imine (C=N–C) groups is 2. The summed E-state index contributed by atoms with van der Waals surface area (Å²) in [5, 5.41) is 10.8. The lowest BCUT2D eigenvalue weighted by Gasteiger charge is -2.09. The van der Waals surface area contributed by atoms with Gasteiger partial charge in [0.15, 0.2) is 0 Å². The summed E-state index contributed by atoms with van der Waals surface area (Å²) in [6, 6.07) is 6.82. The van der Waals surface area contributed by atoms with Gasteiger partial charge in [-0.3, -0.25) is 14.7 Å². The van der Waals surface area contributed by atoms with Crippen molar-refractivity contribution in [3.8, 4) is 0 Å². The number of anilines is 1. The molecule has 2 aliphatic rings. The normalized spacial score (nSPS) is 23.5. The van der Waals surface area contributed by atoms with E-state index in [0.717, 1.165) is 47.6 Å². The molecule has 0 fully saturated rings. The maximum Gasteiger partial charge on any atom is 0.146 e. The van der Waals surface area contributed by atoms with Crippen molar-refractivity contribution in [2.24, 2.45) is 17.0 Å². The number of nitrogens with zero attached hydrogens (tertiary/aromatic N) is 4. The van der Waals surface area contributed by atoms with Crippen LogP contribution < -0.4 is 10.6 Å². The average molecular weight is 374 g/mol. The van der Waals surface area contributed by atoms with Crippen molar-refractivity contribution in [3.63, 3.8) is 0 Å². The van der Waals surface area contributed by atoms with E-state index in [0.29, 0.717) is 0 Å². The van der Waals surface area contributed by atoms with E-state index in [9.17, 15) is 0 Å². The van der Waals surface area contributed by atoms with Crippen molar-refractivity contribution in [2.75, 3.05) is 12.4 Å². The van der Waals surface area contributed by atoms with Crippen molar-refractivity contribution in [1.82, 2.24) is 15.1 Å². The molecule has 0 amide bonds. The van der Waals surface area contributed by atoms with E-state index in [1.165, 1.54) is 11.1 Å². The van der Waals surface area contributed by atoms with Crippen molar-refractivity contribution in [3.05, 3.63) is 65.8 Å². The SMILES string of the molecule is CNc1ccc2c(c1)CC(N=C1N/C=C\C/C(c3cnn(C)c3)=C\N=C1C)C2. The first-order valence-corrected chi connectivity index (χ1v) is 9.64. The first-order chi connectivity index (χ1) is 13.6. The number of hydrogen-bond acceptors (Lipinski definition) is 4. The smallest absolute Gasteiger partial charge is 0.146 e. The van der Waals surface area contributed by atoms with E-state index in [1.807, 2.05) is 50.5 Å². The highest BCUT2D eigenvalue weighted by atomic mass is 15.2. The van der Waals surface area contributed by atoms with Gasteiger partial charge in [0.25, 0.3) is 0 Å². The van der Waals surface area contributed by atoms with Gasteiger partial charge in [-0.1, -0.05) is 12.1 Å². The Morgan fingerprint density at radius 1 is 1.25 bits per heavy atom. The molecule has 0 saturated heterocycles. The highest BCUT2D eigenvalue weighted by Crippen LogP contribution is 2.27. The van der Waals surface area contributed by atoms with Gasteiger partial charge in [-0.05, 0) is 61.2 Å². The number of nitrogens with one attached hydrogen (secondary N) is 2. The van der Waals surface area contributed by atoms with E-state index in [2.05, 4.69) is 45.0 Å². The van der Waals surface area contributed by atoms with Gasteiger partial charge >= 0.3 is 0 Å². The highest BCUT2D eigenvalue weighted by molar-refractivity contribution is 6.41. The minimum absolute atomic E-state index is 0.241. The van der Waals surface area contributed by atoms with Gasteiger partial charge in [0.05, 0.1) is 18.0 Å². The molecule has 1 unspecified atom stereocenters. The summed E-state index contributed by atoms with van der Waals surface area (Å²) in [6.45, 7) is 2.00. The van der Waals surface area contributed by atoms with Gasteiger partial charge in [0.1, 0.15) is 5.84 Å². The second-order valence-electron chi connectivity index (χ2n) is 7.30. The van der Waals surface area contributed by atoms with Gasteiger partial charge in [0, 0.05) is 37.7 Å². The summed E-state index contributed by atoms with van der Waals surface area (Å²) < 4.78 is 1.81. The van der Waals surface area contributed by atoms with Gasteiger partial charge in [-0.2, -0.15) is 5.10 Å². The standard InChI is InChI=1S/C22H26N6/c1-15-22(27-21-9-16-6-7-20(23-2)10-18(16)11-21)24-8-4-5-17(12-25-15)19-13-26-28(3)14-19/h4,6-8,10,12-14,21,23H,5,9,11H2,1-3H3,(H,24,27)/b8-4-,17-12+,25-15?. The van der Waals surface area contributed by atoms with Crippen LogP contribution in [-0.2, 0) is 19.9 Å². The van der Waals surface area contributed by atoms with Crippen molar-refractivity contribution >= 4 is 22.8 Å². The van der Waals surface area contributed by atoms with E-state index < -0.39 is 0 Å². The van der Waals surface area contributed by atoms with E-state index in [-0.39, 0.29) is 6.04 Å². The van der Waals surface area contributed by atoms with Crippen LogP contribution in [0.15, 0.2) is 59.1 Å². The minimum atomic E-state index is 0.241. The first kappa shape index (κ1) is 18.2. The number of rotatable bonds is 3. The van der Waals surface area contributed by atoms with Crippen LogP contribution in [0.4, 0.5) is 5.69 Å². The lowest BCUT2D eigenvalue weighted by Crippen LogP contribution is -2.27. The number of aromatic nitrogens is 2. The molecule has 28 heavy (non-hydrogen) atoms. The van der Waals surface area contributed by atoms with Gasteiger partial charge in [0.2, 0.25) is 0 Å². The molecule has 1 aliphatic carbocycles. The van der Waals surface area contributed by atoms with Crippen LogP contribution in [0.5, 0.6) is 0 Å². The number of allylic oxidation sites excluding steroid dienone is 2. The second kappa shape index (κ2) is 7.84. The lowest BCUT2D eigenvalue weighted by molar-refractivity contribution is 0.721. The summed E-state index contributed by atoms with van der Waals surface area (Å²) in [6.07, 6.45) is 12.6. The van der Waals surface area contributed by atoms with Crippen LogP contribution >= 0.6 is 0 Å². The molecule has 2 heterocycles. The molecule has 0 radical (unpaired) electrons. The summed E-state index contributed by atoms with van der Waals surface area (Å²) in [7, 11) is 3.88. The zero-order valence-electron chi connectivity index (χ0n) is 16.6. The fourth-order valence-electron chi connectivity index (χ4n) is 3.65. The predicted molar refractivity (Wildman–Crippen MR) is 116 cm³/mol. The predicted octanol–water partition coefficient (Wildman–Crippen LogP) is 3.34. The van der Waals surface area contributed by atoms with Crippen LogP contribution in [0.1, 0.15) is 30.0 Å². The van der Waals surface area contributed by atoms with Crippen LogP contribution in [0, 0.1) is 0 Å². The Morgan fingerprint density at radius 2 is 2.11 bits per heavy atom. The summed E-state index contributed by atoms with van der Waals surface area (Å²) in [5.41, 5.74) is 7.05. The Hall–Kier alpha value is -3.15. The molecule has 0 spiro atoms. The molecule has 6 heteroatoms. The largest absolute Gasteiger partial charge is 0.388 e. The summed E-state index contributed by atoms with van der Waals surface area (Å²) in [5.74, 6) is 0.839. The molecular weight excluding hydrogens is 348 g/mol. The van der Waals surface area contributed by atoms with Gasteiger partial charge in [-0.25, -0.2) is 0 Å². The Bertz CT molecular complexity index is 992. The molecule has 1 aliphatic heterocycles. The van der Waals surface area contributed by atoms with Crippen molar-refractivity contribution < 1.29 is 0 Å². The van der Waals surface area contributed by atoms with Crippen molar-refractivity contribution in [1.29, 1.82) is 0 Å². The lowest BCUT2D eigenvalue weighted by atomic mass is 10.1. The molecule has 2 N–H and O–H groups in total. The highest BCUT2D eigenvalue weighted by Gasteiger charge is 2.22. The molecule has 6 nitrogen and oxygen atoms in total. The third-order valence-electron chi connectivity index (χ3n) is 5.23. The number of aryl methyl sites for hydroxylation is 1. The monoisotopic (exact) mass is 374 g/mol. The maximum absolute atomic E-state index is 4.99. The molecule has 1 aromatic carbocycles. The van der Waals surface area contributed by atoms with E-state index >= 15 is 0 Å². The van der Waals surface area contributed by atoms with Gasteiger partial charge < -0.3 is 10.6 Å². The Balaban J connectivity index is 1.56. The molecule has 4 rings (SSSR count). The quantitative estimate of drug-likeness (QED) is 0.866. The zero-order valence-corrected chi connectivity index (χ0v) is 16.6. The molecular formula is C22H26N6. The Morgan fingerprint density at radius 3 is 2.89 bits per heavy atom. The molecule has 2 aromatic rings. The van der Waals surface area contributed by atoms with Crippen LogP contribution in [0.2, 0.25) is 0 Å². The third-order valence-corrected chi connectivity index (χ3v) is 5.23. The Kier molecular flexibility index (Phi) is 5.10. The molecule has 1 aromatic heterocycles. The second-order valence-corrected chi connectivity index (χ2v) is 7.30.